The van der Waals surface area contributed by atoms with Crippen molar-refractivity contribution >= 4 is 22.6 Å². The van der Waals surface area contributed by atoms with Gasteiger partial charge in [0.25, 0.3) is 0 Å². The molecule has 25 heavy (non-hydrogen) atoms. The lowest BCUT2D eigenvalue weighted by Crippen LogP contribution is -2.30. The van der Waals surface area contributed by atoms with Gasteiger partial charge in [-0.25, -0.2) is 4.98 Å². The van der Waals surface area contributed by atoms with Gasteiger partial charge in [-0.2, -0.15) is 0 Å². The predicted molar refractivity (Wildman–Crippen MR) is 102 cm³/mol. The van der Waals surface area contributed by atoms with Gasteiger partial charge >= 0.3 is 0 Å². The SMILES string of the molecule is CC(C)CC(CN)C(=O)Nc1ccc(-c2ccnc3[nH]ccc23)cc1. The molecule has 5 nitrogen and oxygen atoms in total. The van der Waals surface area contributed by atoms with Gasteiger partial charge in [0, 0.05) is 30.0 Å². The first-order valence-electron chi connectivity index (χ1n) is 8.62. The minimum absolute atomic E-state index is 0.0131. The lowest BCUT2D eigenvalue weighted by Gasteiger charge is -2.17. The van der Waals surface area contributed by atoms with Crippen LogP contribution in [0.1, 0.15) is 20.3 Å². The van der Waals surface area contributed by atoms with Crippen molar-refractivity contribution in [2.45, 2.75) is 20.3 Å². The topological polar surface area (TPSA) is 83.8 Å². The van der Waals surface area contributed by atoms with E-state index in [9.17, 15) is 4.79 Å². The van der Waals surface area contributed by atoms with Gasteiger partial charge < -0.3 is 16.0 Å². The first kappa shape index (κ1) is 17.2. The number of pyridine rings is 1. The normalized spacial score (nSPS) is 12.5. The fraction of sp³-hybridized carbons (Fsp3) is 0.300. The van der Waals surface area contributed by atoms with Crippen LogP contribution in [0.5, 0.6) is 0 Å². The number of nitrogens with zero attached hydrogens (tertiary/aromatic N) is 1. The average Bonchev–Trinajstić information content (AvgIpc) is 3.09. The summed E-state index contributed by atoms with van der Waals surface area (Å²) in [5.74, 6) is 0.275. The molecule has 2 aromatic heterocycles. The number of nitrogens with two attached hydrogens (primary N) is 1. The molecule has 0 radical (unpaired) electrons. The van der Waals surface area contributed by atoms with Crippen LogP contribution in [0.2, 0.25) is 0 Å². The highest BCUT2D eigenvalue weighted by Crippen LogP contribution is 2.28. The van der Waals surface area contributed by atoms with Gasteiger partial charge in [0.1, 0.15) is 5.65 Å². The predicted octanol–water partition coefficient (Wildman–Crippen LogP) is 3.79. The number of nitrogens with one attached hydrogen (secondary N) is 2. The molecule has 0 aliphatic heterocycles. The Hall–Kier alpha value is -2.66. The Morgan fingerprint density at radius 3 is 2.64 bits per heavy atom. The number of hydrogen-bond acceptors (Lipinski definition) is 3. The second kappa shape index (κ2) is 7.49. The van der Waals surface area contributed by atoms with E-state index < -0.39 is 0 Å². The zero-order valence-corrected chi connectivity index (χ0v) is 14.6. The van der Waals surface area contributed by atoms with E-state index >= 15 is 0 Å². The molecular formula is C20H24N4O. The number of carbonyl (C=O) groups is 1. The third kappa shape index (κ3) is 3.88. The Bertz CT molecular complexity index is 852. The maximum atomic E-state index is 12.4. The smallest absolute Gasteiger partial charge is 0.228 e. The van der Waals surface area contributed by atoms with E-state index in [2.05, 4.69) is 29.1 Å². The summed E-state index contributed by atoms with van der Waals surface area (Å²) in [5, 5.41) is 4.05. The van der Waals surface area contributed by atoms with E-state index in [1.165, 1.54) is 0 Å². The highest BCUT2D eigenvalue weighted by molar-refractivity contribution is 5.95. The molecule has 0 saturated carbocycles. The Kier molecular flexibility index (Phi) is 5.14. The molecule has 0 aliphatic carbocycles. The molecule has 0 bridgehead atoms. The summed E-state index contributed by atoms with van der Waals surface area (Å²) in [4.78, 5) is 19.8. The third-order valence-electron chi connectivity index (χ3n) is 4.33. The number of carbonyl (C=O) groups excluding carboxylic acids is 1. The molecule has 0 fully saturated rings. The van der Waals surface area contributed by atoms with E-state index in [1.807, 2.05) is 42.6 Å². The Labute approximate surface area is 147 Å². The number of hydrogen-bond donors (Lipinski definition) is 3. The summed E-state index contributed by atoms with van der Waals surface area (Å²) in [5.41, 5.74) is 9.61. The number of benzene rings is 1. The van der Waals surface area contributed by atoms with Crippen LogP contribution in [0.15, 0.2) is 48.8 Å². The van der Waals surface area contributed by atoms with Crippen molar-refractivity contribution in [3.8, 4) is 11.1 Å². The van der Waals surface area contributed by atoms with Gasteiger partial charge in [0.05, 0.1) is 5.92 Å². The fourth-order valence-electron chi connectivity index (χ4n) is 3.07. The van der Waals surface area contributed by atoms with Gasteiger partial charge in [-0.1, -0.05) is 26.0 Å². The number of anilines is 1. The second-order valence-electron chi connectivity index (χ2n) is 6.73. The van der Waals surface area contributed by atoms with E-state index in [-0.39, 0.29) is 11.8 Å². The number of H-pyrrole nitrogens is 1. The summed E-state index contributed by atoms with van der Waals surface area (Å²) in [6.45, 7) is 4.56. The molecule has 3 aromatic rings. The molecule has 5 heteroatoms. The summed E-state index contributed by atoms with van der Waals surface area (Å²) in [6.07, 6.45) is 4.47. The zero-order chi connectivity index (χ0) is 17.8. The van der Waals surface area contributed by atoms with E-state index in [4.69, 9.17) is 5.73 Å². The maximum Gasteiger partial charge on any atom is 0.228 e. The highest BCUT2D eigenvalue weighted by Gasteiger charge is 2.18. The summed E-state index contributed by atoms with van der Waals surface area (Å²) in [7, 11) is 0. The number of fused-ring (bicyclic) bond motifs is 1. The second-order valence-corrected chi connectivity index (χ2v) is 6.73. The van der Waals surface area contributed by atoms with E-state index in [0.717, 1.165) is 34.3 Å². The molecule has 1 atom stereocenters. The molecule has 1 aromatic carbocycles. The van der Waals surface area contributed by atoms with Crippen molar-refractivity contribution in [1.29, 1.82) is 0 Å². The van der Waals surface area contributed by atoms with Crippen LogP contribution in [0.3, 0.4) is 0 Å². The average molecular weight is 336 g/mol. The molecular weight excluding hydrogens is 312 g/mol. The standard InChI is InChI=1S/C20H24N4O/c1-13(2)11-15(12-21)20(25)24-16-5-3-14(4-6-16)17-7-9-22-19-18(17)8-10-23-19/h3-10,13,15H,11-12,21H2,1-2H3,(H,22,23)(H,24,25). The van der Waals surface area contributed by atoms with E-state index in [1.54, 1.807) is 6.20 Å². The molecule has 0 saturated heterocycles. The van der Waals surface area contributed by atoms with Crippen LogP contribution >= 0.6 is 0 Å². The monoisotopic (exact) mass is 336 g/mol. The van der Waals surface area contributed by atoms with Crippen LogP contribution in [-0.2, 0) is 4.79 Å². The fourth-order valence-corrected chi connectivity index (χ4v) is 3.07. The lowest BCUT2D eigenvalue weighted by atomic mass is 9.96. The Morgan fingerprint density at radius 1 is 1.20 bits per heavy atom. The van der Waals surface area contributed by atoms with Gasteiger partial charge in [0.2, 0.25) is 5.91 Å². The Balaban J connectivity index is 1.76. The Morgan fingerprint density at radius 2 is 1.96 bits per heavy atom. The van der Waals surface area contributed by atoms with Crippen molar-refractivity contribution in [2.24, 2.45) is 17.6 Å². The number of amides is 1. The van der Waals surface area contributed by atoms with Gasteiger partial charge in [-0.05, 0) is 47.7 Å². The minimum atomic E-state index is -0.153. The van der Waals surface area contributed by atoms with Crippen molar-refractivity contribution in [3.05, 3.63) is 48.8 Å². The third-order valence-corrected chi connectivity index (χ3v) is 4.33. The largest absolute Gasteiger partial charge is 0.346 e. The molecule has 1 unspecified atom stereocenters. The quantitative estimate of drug-likeness (QED) is 0.640. The van der Waals surface area contributed by atoms with E-state index in [0.29, 0.717) is 12.5 Å². The highest BCUT2D eigenvalue weighted by atomic mass is 16.1. The summed E-state index contributed by atoms with van der Waals surface area (Å²) >= 11 is 0. The van der Waals surface area contributed by atoms with Crippen LogP contribution in [0.4, 0.5) is 5.69 Å². The van der Waals surface area contributed by atoms with Crippen LogP contribution < -0.4 is 11.1 Å². The zero-order valence-electron chi connectivity index (χ0n) is 14.6. The number of rotatable bonds is 6. The molecule has 1 amide bonds. The minimum Gasteiger partial charge on any atom is -0.346 e. The first-order chi connectivity index (χ1) is 12.1. The molecule has 3 rings (SSSR count). The van der Waals surface area contributed by atoms with Crippen LogP contribution in [-0.4, -0.2) is 22.4 Å². The summed E-state index contributed by atoms with van der Waals surface area (Å²) < 4.78 is 0. The molecule has 0 aliphatic rings. The van der Waals surface area contributed by atoms with Gasteiger partial charge in [-0.15, -0.1) is 0 Å². The number of aromatic amines is 1. The summed E-state index contributed by atoms with van der Waals surface area (Å²) in [6, 6.07) is 11.9. The maximum absolute atomic E-state index is 12.4. The molecule has 0 spiro atoms. The van der Waals surface area contributed by atoms with Crippen molar-refractivity contribution in [3.63, 3.8) is 0 Å². The van der Waals surface area contributed by atoms with Crippen LogP contribution in [0, 0.1) is 11.8 Å². The molecule has 130 valence electrons. The molecule has 2 heterocycles. The van der Waals surface area contributed by atoms with Crippen molar-refractivity contribution < 1.29 is 4.79 Å². The number of aromatic nitrogens is 2. The first-order valence-corrected chi connectivity index (χ1v) is 8.62. The van der Waals surface area contributed by atoms with Gasteiger partial charge in [0.15, 0.2) is 0 Å². The molecule has 4 N–H and O–H groups in total. The lowest BCUT2D eigenvalue weighted by molar-refractivity contribution is -0.120. The van der Waals surface area contributed by atoms with Crippen molar-refractivity contribution in [2.75, 3.05) is 11.9 Å². The van der Waals surface area contributed by atoms with Crippen molar-refractivity contribution in [1.82, 2.24) is 9.97 Å². The van der Waals surface area contributed by atoms with Gasteiger partial charge in [-0.3, -0.25) is 4.79 Å². The van der Waals surface area contributed by atoms with Crippen LogP contribution in [0.25, 0.3) is 22.2 Å².